The van der Waals surface area contributed by atoms with E-state index in [0.29, 0.717) is 5.52 Å². The Kier molecular flexibility index (Phi) is 9.50. The van der Waals surface area contributed by atoms with Gasteiger partial charge >= 0.3 is 0 Å². The molecule has 0 bridgehead atoms. The van der Waals surface area contributed by atoms with Gasteiger partial charge in [-0.3, -0.25) is 14.4 Å². The number of sulfonamides is 1. The van der Waals surface area contributed by atoms with Crippen molar-refractivity contribution < 1.29 is 27.9 Å². The minimum absolute atomic E-state index is 0.0432. The average molecular weight is 542 g/mol. The van der Waals surface area contributed by atoms with E-state index in [4.69, 9.17) is 5.73 Å². The minimum Gasteiger partial charge on any atom is -0.390 e. The van der Waals surface area contributed by atoms with Crippen LogP contribution in [-0.4, -0.2) is 78.6 Å². The van der Waals surface area contributed by atoms with Crippen LogP contribution in [0, 0.1) is 0 Å². The molecule has 3 atom stereocenters. The number of rotatable bonds is 12. The molecule has 1 aromatic heterocycles. The van der Waals surface area contributed by atoms with E-state index in [2.05, 4.69) is 15.6 Å². The molecule has 0 fully saturated rings. The number of aliphatic hydroxyl groups is 1. The lowest BCUT2D eigenvalue weighted by Gasteiger charge is -2.29. The Morgan fingerprint density at radius 2 is 1.66 bits per heavy atom. The fourth-order valence-electron chi connectivity index (χ4n) is 3.80. The molecule has 38 heavy (non-hydrogen) atoms. The Balaban J connectivity index is 1.81. The largest absolute Gasteiger partial charge is 0.390 e. The SMILES string of the molecule is CN(CC(O)C(Cc1ccccc1)NC(=O)C(CC(N)=O)NC(=O)c1ccc2ccccc2n1)S(C)(=O)=O. The third kappa shape index (κ3) is 8.07. The van der Waals surface area contributed by atoms with Gasteiger partial charge in [-0.15, -0.1) is 0 Å². The van der Waals surface area contributed by atoms with Crippen molar-refractivity contribution in [1.82, 2.24) is 19.9 Å². The highest BCUT2D eigenvalue weighted by atomic mass is 32.2. The second-order valence-electron chi connectivity index (χ2n) is 9.00. The van der Waals surface area contributed by atoms with Crippen molar-refractivity contribution in [2.75, 3.05) is 19.8 Å². The number of likely N-dealkylation sites (N-methyl/N-ethyl adjacent to an activating group) is 1. The Morgan fingerprint density at radius 3 is 2.32 bits per heavy atom. The maximum absolute atomic E-state index is 13.2. The number of nitrogens with two attached hydrogens (primary N) is 1. The molecular weight excluding hydrogens is 510 g/mol. The summed E-state index contributed by atoms with van der Waals surface area (Å²) >= 11 is 0. The molecule has 0 aliphatic carbocycles. The maximum atomic E-state index is 13.2. The number of benzene rings is 2. The lowest BCUT2D eigenvalue weighted by molar-refractivity contribution is -0.128. The Bertz CT molecular complexity index is 1400. The number of amides is 3. The van der Waals surface area contributed by atoms with Crippen molar-refractivity contribution in [2.24, 2.45) is 5.73 Å². The van der Waals surface area contributed by atoms with Crippen LogP contribution in [0.3, 0.4) is 0 Å². The molecule has 11 nitrogen and oxygen atoms in total. The van der Waals surface area contributed by atoms with Crippen molar-refractivity contribution in [2.45, 2.75) is 31.0 Å². The molecule has 2 aromatic carbocycles. The number of pyridine rings is 1. The van der Waals surface area contributed by atoms with Crippen LogP contribution in [0.25, 0.3) is 10.9 Å². The van der Waals surface area contributed by atoms with E-state index in [0.717, 1.165) is 21.5 Å². The van der Waals surface area contributed by atoms with Crippen LogP contribution in [0.1, 0.15) is 22.5 Å². The topological polar surface area (TPSA) is 172 Å². The van der Waals surface area contributed by atoms with Crippen LogP contribution in [0.5, 0.6) is 0 Å². The molecule has 5 N–H and O–H groups in total. The summed E-state index contributed by atoms with van der Waals surface area (Å²) < 4.78 is 24.7. The van der Waals surface area contributed by atoms with E-state index in [1.54, 1.807) is 42.5 Å². The van der Waals surface area contributed by atoms with Crippen LogP contribution in [0.4, 0.5) is 0 Å². The van der Waals surface area contributed by atoms with Gasteiger partial charge in [0.15, 0.2) is 0 Å². The van der Waals surface area contributed by atoms with Crippen molar-refractivity contribution in [3.05, 3.63) is 78.0 Å². The van der Waals surface area contributed by atoms with Crippen molar-refractivity contribution >= 4 is 38.6 Å². The molecule has 3 rings (SSSR count). The Morgan fingerprint density at radius 1 is 1.00 bits per heavy atom. The van der Waals surface area contributed by atoms with Gasteiger partial charge in [0, 0.05) is 19.0 Å². The predicted molar refractivity (Wildman–Crippen MR) is 142 cm³/mol. The molecule has 0 aliphatic rings. The fourth-order valence-corrected chi connectivity index (χ4v) is 4.22. The monoisotopic (exact) mass is 541 g/mol. The number of carbonyl (C=O) groups is 3. The van der Waals surface area contributed by atoms with Crippen molar-refractivity contribution in [1.29, 1.82) is 0 Å². The zero-order chi connectivity index (χ0) is 27.9. The number of nitrogens with zero attached hydrogens (tertiary/aromatic N) is 2. The Labute approximate surface area is 221 Å². The highest BCUT2D eigenvalue weighted by Gasteiger charge is 2.30. The molecule has 0 saturated heterocycles. The van der Waals surface area contributed by atoms with Gasteiger partial charge < -0.3 is 21.5 Å². The molecule has 0 aliphatic heterocycles. The molecule has 3 unspecified atom stereocenters. The number of carbonyl (C=O) groups excluding carboxylic acids is 3. The van der Waals surface area contributed by atoms with E-state index in [-0.39, 0.29) is 18.7 Å². The lowest BCUT2D eigenvalue weighted by Crippen LogP contribution is -2.55. The third-order valence-corrected chi connectivity index (χ3v) is 7.24. The van der Waals surface area contributed by atoms with Gasteiger partial charge in [-0.2, -0.15) is 0 Å². The second kappa shape index (κ2) is 12.6. The smallest absolute Gasteiger partial charge is 0.270 e. The number of para-hydroxylation sites is 1. The van der Waals surface area contributed by atoms with Gasteiger partial charge in [-0.25, -0.2) is 17.7 Å². The quantitative estimate of drug-likeness (QED) is 0.253. The van der Waals surface area contributed by atoms with Crippen LogP contribution in [0.15, 0.2) is 66.7 Å². The van der Waals surface area contributed by atoms with Gasteiger partial charge in [-0.05, 0) is 24.1 Å². The zero-order valence-electron chi connectivity index (χ0n) is 21.1. The van der Waals surface area contributed by atoms with E-state index in [1.165, 1.54) is 13.1 Å². The molecule has 12 heteroatoms. The highest BCUT2D eigenvalue weighted by molar-refractivity contribution is 7.88. The summed E-state index contributed by atoms with van der Waals surface area (Å²) in [4.78, 5) is 42.2. The number of aromatic nitrogens is 1. The summed E-state index contributed by atoms with van der Waals surface area (Å²) in [6.07, 6.45) is -0.632. The first kappa shape index (κ1) is 28.7. The van der Waals surface area contributed by atoms with Crippen LogP contribution in [0.2, 0.25) is 0 Å². The number of primary amides is 1. The summed E-state index contributed by atoms with van der Waals surface area (Å²) in [5.74, 6) is -2.28. The number of fused-ring (bicyclic) bond motifs is 1. The Hall–Kier alpha value is -3.87. The van der Waals surface area contributed by atoms with E-state index >= 15 is 0 Å². The zero-order valence-corrected chi connectivity index (χ0v) is 21.9. The number of hydrogen-bond donors (Lipinski definition) is 4. The summed E-state index contributed by atoms with van der Waals surface area (Å²) in [6.45, 7) is -0.287. The lowest BCUT2D eigenvalue weighted by atomic mass is 10.00. The number of nitrogens with one attached hydrogen (secondary N) is 2. The summed E-state index contributed by atoms with van der Waals surface area (Å²) in [5.41, 5.74) is 6.74. The van der Waals surface area contributed by atoms with E-state index < -0.39 is 52.4 Å². The maximum Gasteiger partial charge on any atom is 0.270 e. The first-order valence-electron chi connectivity index (χ1n) is 11.8. The summed E-state index contributed by atoms with van der Waals surface area (Å²) in [7, 11) is -2.28. The van der Waals surface area contributed by atoms with Crippen molar-refractivity contribution in [3.8, 4) is 0 Å². The van der Waals surface area contributed by atoms with Crippen molar-refractivity contribution in [3.63, 3.8) is 0 Å². The van der Waals surface area contributed by atoms with Crippen LogP contribution < -0.4 is 16.4 Å². The first-order chi connectivity index (χ1) is 17.9. The van der Waals surface area contributed by atoms with E-state index in [9.17, 15) is 27.9 Å². The molecule has 0 radical (unpaired) electrons. The molecule has 1 heterocycles. The van der Waals surface area contributed by atoms with Crippen LogP contribution >= 0.6 is 0 Å². The normalized spacial score (nSPS) is 14.0. The summed E-state index contributed by atoms with van der Waals surface area (Å²) in [6, 6.07) is 17.1. The predicted octanol–water partition coefficient (Wildman–Crippen LogP) is 0.188. The van der Waals surface area contributed by atoms with Gasteiger partial charge in [-0.1, -0.05) is 54.6 Å². The second-order valence-corrected chi connectivity index (χ2v) is 11.1. The molecule has 0 saturated carbocycles. The molecule has 3 amide bonds. The third-order valence-electron chi connectivity index (χ3n) is 5.96. The average Bonchev–Trinajstić information content (AvgIpc) is 2.87. The summed E-state index contributed by atoms with van der Waals surface area (Å²) in [5, 5.41) is 16.9. The fraction of sp³-hybridized carbons (Fsp3) is 0.308. The van der Waals surface area contributed by atoms with Gasteiger partial charge in [0.05, 0.1) is 30.3 Å². The standard InChI is InChI=1S/C26H31N5O6S/c1-31(38(2,36)37)16-23(32)21(14-17-8-4-3-5-9-17)29-26(35)22(15-24(27)33)30-25(34)20-13-12-18-10-6-7-11-19(18)28-20/h3-13,21-23,32H,14-16H2,1-2H3,(H2,27,33)(H,29,35)(H,30,34). The number of aliphatic hydroxyl groups excluding tert-OH is 1. The number of hydrogen-bond acceptors (Lipinski definition) is 7. The van der Waals surface area contributed by atoms with Crippen LogP contribution in [-0.2, 0) is 26.0 Å². The molecular formula is C26H31N5O6S. The highest BCUT2D eigenvalue weighted by Crippen LogP contribution is 2.13. The molecule has 0 spiro atoms. The van der Waals surface area contributed by atoms with E-state index in [1.807, 2.05) is 18.2 Å². The van der Waals surface area contributed by atoms with Gasteiger partial charge in [0.1, 0.15) is 11.7 Å². The molecule has 202 valence electrons. The first-order valence-corrected chi connectivity index (χ1v) is 13.7. The molecule has 3 aromatic rings. The van der Waals surface area contributed by atoms with Gasteiger partial charge in [0.25, 0.3) is 5.91 Å². The minimum atomic E-state index is -3.59. The van der Waals surface area contributed by atoms with Gasteiger partial charge in [0.2, 0.25) is 21.8 Å².